The number of hydrogen-bond acceptors (Lipinski definition) is 4. The minimum absolute atomic E-state index is 0.0212. The summed E-state index contributed by atoms with van der Waals surface area (Å²) < 4.78 is 0. The summed E-state index contributed by atoms with van der Waals surface area (Å²) in [7, 11) is 0. The molecule has 0 amide bonds. The van der Waals surface area contributed by atoms with Crippen molar-refractivity contribution in [2.45, 2.75) is 46.1 Å². The maximum absolute atomic E-state index is 12.8. The summed E-state index contributed by atoms with van der Waals surface area (Å²) in [5.74, 6) is -0.0689. The van der Waals surface area contributed by atoms with Crippen molar-refractivity contribution in [3.63, 3.8) is 0 Å². The van der Waals surface area contributed by atoms with Crippen molar-refractivity contribution in [1.82, 2.24) is 0 Å². The lowest BCUT2D eigenvalue weighted by Gasteiger charge is -2.37. The van der Waals surface area contributed by atoms with E-state index < -0.39 is 5.54 Å². The van der Waals surface area contributed by atoms with Crippen LogP contribution in [0.1, 0.15) is 40.5 Å². The van der Waals surface area contributed by atoms with E-state index in [0.29, 0.717) is 17.0 Å². The maximum Gasteiger partial charge on any atom is 0.163 e. The number of Topliss-reactive ketones (excluding diaryl/α,β-unsaturated/α-hetero) is 2. The fourth-order valence-electron chi connectivity index (χ4n) is 3.50. The van der Waals surface area contributed by atoms with Gasteiger partial charge >= 0.3 is 0 Å². The fourth-order valence-corrected chi connectivity index (χ4v) is 3.67. The summed E-state index contributed by atoms with van der Waals surface area (Å²) in [5, 5.41) is 7.21. The van der Waals surface area contributed by atoms with E-state index in [1.165, 1.54) is 6.92 Å². The van der Waals surface area contributed by atoms with Gasteiger partial charge in [0.2, 0.25) is 0 Å². The number of fused-ring (bicyclic) bond motifs is 1. The first kappa shape index (κ1) is 16.1. The SMILES string of the molecule is CC(=O)C1(C)Nc2cc(Cl)ccc2NC2=C1C(=O)CC(C)(C)C2. The highest BCUT2D eigenvalue weighted by Gasteiger charge is 2.46. The highest BCUT2D eigenvalue weighted by Crippen LogP contribution is 2.45. The normalized spacial score (nSPS) is 25.7. The summed E-state index contributed by atoms with van der Waals surface area (Å²) in [4.78, 5) is 25.2. The molecule has 5 heteroatoms. The van der Waals surface area contributed by atoms with E-state index in [9.17, 15) is 9.59 Å². The Morgan fingerprint density at radius 2 is 1.87 bits per heavy atom. The molecule has 23 heavy (non-hydrogen) atoms. The third-order valence-corrected chi connectivity index (χ3v) is 4.97. The number of carbonyl (C=O) groups excluding carboxylic acids is 2. The van der Waals surface area contributed by atoms with Crippen molar-refractivity contribution in [2.75, 3.05) is 10.6 Å². The van der Waals surface area contributed by atoms with Gasteiger partial charge in [0.05, 0.1) is 11.4 Å². The van der Waals surface area contributed by atoms with Crippen LogP contribution < -0.4 is 10.6 Å². The Kier molecular flexibility index (Phi) is 3.56. The zero-order chi connectivity index (χ0) is 17.0. The van der Waals surface area contributed by atoms with E-state index in [1.807, 2.05) is 6.07 Å². The van der Waals surface area contributed by atoms with Crippen LogP contribution in [0.3, 0.4) is 0 Å². The number of rotatable bonds is 1. The first-order chi connectivity index (χ1) is 10.6. The lowest BCUT2D eigenvalue weighted by molar-refractivity contribution is -0.124. The van der Waals surface area contributed by atoms with Crippen LogP contribution in [0.25, 0.3) is 0 Å². The maximum atomic E-state index is 12.8. The van der Waals surface area contributed by atoms with Crippen LogP contribution in [-0.2, 0) is 9.59 Å². The summed E-state index contributed by atoms with van der Waals surface area (Å²) in [6.07, 6.45) is 1.16. The molecular weight excluding hydrogens is 312 g/mol. The van der Waals surface area contributed by atoms with Gasteiger partial charge in [-0.25, -0.2) is 0 Å². The van der Waals surface area contributed by atoms with Gasteiger partial charge in [0.1, 0.15) is 5.54 Å². The Bertz CT molecular complexity index is 751. The molecule has 0 saturated heterocycles. The van der Waals surface area contributed by atoms with Gasteiger partial charge in [-0.05, 0) is 43.9 Å². The monoisotopic (exact) mass is 332 g/mol. The molecule has 1 aromatic rings. The second-order valence-electron chi connectivity index (χ2n) is 7.42. The van der Waals surface area contributed by atoms with Gasteiger partial charge in [-0.2, -0.15) is 0 Å². The van der Waals surface area contributed by atoms with E-state index >= 15 is 0 Å². The van der Waals surface area contributed by atoms with Gasteiger partial charge in [0.15, 0.2) is 11.6 Å². The van der Waals surface area contributed by atoms with Crippen LogP contribution in [0, 0.1) is 5.41 Å². The summed E-state index contributed by atoms with van der Waals surface area (Å²) in [6.45, 7) is 7.43. The molecule has 4 nitrogen and oxygen atoms in total. The molecular formula is C18H21ClN2O2. The Labute approximate surface area is 141 Å². The molecule has 0 saturated carbocycles. The molecule has 1 aliphatic carbocycles. The number of allylic oxidation sites excluding steroid dienone is 1. The molecule has 0 bridgehead atoms. The largest absolute Gasteiger partial charge is 0.368 e. The second kappa shape index (κ2) is 5.10. The van der Waals surface area contributed by atoms with Gasteiger partial charge < -0.3 is 10.6 Å². The van der Waals surface area contributed by atoms with E-state index in [0.717, 1.165) is 23.5 Å². The van der Waals surface area contributed by atoms with Crippen molar-refractivity contribution in [2.24, 2.45) is 5.41 Å². The van der Waals surface area contributed by atoms with Crippen LogP contribution in [0.4, 0.5) is 11.4 Å². The standard InChI is InChI=1S/C18H21ClN2O2/c1-10(22)18(4)16-14(8-17(2,3)9-15(16)23)20-12-6-5-11(19)7-13(12)21-18/h5-7,20-21H,8-9H2,1-4H3. The summed E-state index contributed by atoms with van der Waals surface area (Å²) >= 11 is 6.10. The Morgan fingerprint density at radius 1 is 1.17 bits per heavy atom. The van der Waals surface area contributed by atoms with Crippen molar-refractivity contribution >= 4 is 34.5 Å². The Hall–Kier alpha value is -1.81. The number of halogens is 1. The first-order valence-electron chi connectivity index (χ1n) is 7.75. The first-order valence-corrected chi connectivity index (χ1v) is 8.13. The minimum atomic E-state index is -1.05. The van der Waals surface area contributed by atoms with Crippen LogP contribution in [-0.4, -0.2) is 17.1 Å². The summed E-state index contributed by atoms with van der Waals surface area (Å²) in [6, 6.07) is 5.44. The number of benzene rings is 1. The molecule has 122 valence electrons. The lowest BCUT2D eigenvalue weighted by atomic mass is 9.70. The molecule has 1 aliphatic heterocycles. The van der Waals surface area contributed by atoms with Gasteiger partial charge in [-0.3, -0.25) is 9.59 Å². The quantitative estimate of drug-likeness (QED) is 0.810. The van der Waals surface area contributed by atoms with Crippen LogP contribution in [0.2, 0.25) is 5.02 Å². The number of hydrogen-bond donors (Lipinski definition) is 2. The Balaban J connectivity index is 2.23. The van der Waals surface area contributed by atoms with Crippen molar-refractivity contribution in [3.8, 4) is 0 Å². The molecule has 1 heterocycles. The third kappa shape index (κ3) is 2.65. The zero-order valence-corrected chi connectivity index (χ0v) is 14.6. The average molecular weight is 333 g/mol. The number of nitrogens with one attached hydrogen (secondary N) is 2. The molecule has 0 radical (unpaired) electrons. The zero-order valence-electron chi connectivity index (χ0n) is 13.8. The smallest absolute Gasteiger partial charge is 0.163 e. The van der Waals surface area contributed by atoms with E-state index in [2.05, 4.69) is 24.5 Å². The topological polar surface area (TPSA) is 58.2 Å². The molecule has 0 spiro atoms. The van der Waals surface area contributed by atoms with Gasteiger partial charge in [-0.15, -0.1) is 0 Å². The molecule has 1 unspecified atom stereocenters. The van der Waals surface area contributed by atoms with E-state index in [-0.39, 0.29) is 17.0 Å². The van der Waals surface area contributed by atoms with E-state index in [4.69, 9.17) is 11.6 Å². The van der Waals surface area contributed by atoms with Crippen molar-refractivity contribution < 1.29 is 9.59 Å². The van der Waals surface area contributed by atoms with Gasteiger partial charge in [0.25, 0.3) is 0 Å². The number of ketones is 2. The molecule has 1 aromatic carbocycles. The predicted molar refractivity (Wildman–Crippen MR) is 92.8 cm³/mol. The van der Waals surface area contributed by atoms with Crippen LogP contribution in [0.5, 0.6) is 0 Å². The molecule has 1 atom stereocenters. The molecule has 0 fully saturated rings. The lowest BCUT2D eigenvalue weighted by Crippen LogP contribution is -2.48. The molecule has 0 aromatic heterocycles. The van der Waals surface area contributed by atoms with Crippen molar-refractivity contribution in [3.05, 3.63) is 34.5 Å². The second-order valence-corrected chi connectivity index (χ2v) is 7.85. The highest BCUT2D eigenvalue weighted by molar-refractivity contribution is 6.31. The van der Waals surface area contributed by atoms with Gasteiger partial charge in [-0.1, -0.05) is 25.4 Å². The average Bonchev–Trinajstić information content (AvgIpc) is 2.51. The molecule has 3 rings (SSSR count). The molecule has 2 N–H and O–H groups in total. The van der Waals surface area contributed by atoms with E-state index in [1.54, 1.807) is 19.1 Å². The van der Waals surface area contributed by atoms with Gasteiger partial charge in [0, 0.05) is 22.7 Å². The number of carbonyl (C=O) groups is 2. The summed E-state index contributed by atoms with van der Waals surface area (Å²) in [5.41, 5.74) is 1.77. The predicted octanol–water partition coefficient (Wildman–Crippen LogP) is 4.17. The number of anilines is 2. The third-order valence-electron chi connectivity index (χ3n) is 4.73. The van der Waals surface area contributed by atoms with Crippen LogP contribution >= 0.6 is 11.6 Å². The van der Waals surface area contributed by atoms with Crippen LogP contribution in [0.15, 0.2) is 29.5 Å². The Morgan fingerprint density at radius 3 is 2.52 bits per heavy atom. The minimum Gasteiger partial charge on any atom is -0.368 e. The van der Waals surface area contributed by atoms with Crippen molar-refractivity contribution in [1.29, 1.82) is 0 Å². The molecule has 2 aliphatic rings. The highest BCUT2D eigenvalue weighted by atomic mass is 35.5. The fraction of sp³-hybridized carbons (Fsp3) is 0.444.